The minimum atomic E-state index is -0.429. The monoisotopic (exact) mass is 346 g/mol. The van der Waals surface area contributed by atoms with Gasteiger partial charge in [0, 0.05) is 18.7 Å². The van der Waals surface area contributed by atoms with E-state index in [1.807, 2.05) is 24.5 Å². The summed E-state index contributed by atoms with van der Waals surface area (Å²) in [5.41, 5.74) is 1.61. The molecule has 1 aromatic heterocycles. The Bertz CT molecular complexity index is 837. The van der Waals surface area contributed by atoms with Crippen LogP contribution in [-0.4, -0.2) is 29.3 Å². The SMILES string of the molecule is CSc1nc(-c2ccc(N3CCCC3)c(Cl)c2)c(C#N)c(=O)[nH]1. The number of aromatic nitrogens is 2. The first kappa shape index (κ1) is 15.9. The minimum Gasteiger partial charge on any atom is -0.370 e. The molecule has 0 spiro atoms. The highest BCUT2D eigenvalue weighted by Gasteiger charge is 2.18. The number of hydrogen-bond donors (Lipinski definition) is 1. The summed E-state index contributed by atoms with van der Waals surface area (Å²) in [6.07, 6.45) is 4.16. The van der Waals surface area contributed by atoms with E-state index >= 15 is 0 Å². The Morgan fingerprint density at radius 1 is 1.39 bits per heavy atom. The molecular weight excluding hydrogens is 332 g/mol. The summed E-state index contributed by atoms with van der Waals surface area (Å²) in [5.74, 6) is 0. The third-order valence-corrected chi connectivity index (χ3v) is 4.75. The Kier molecular flexibility index (Phi) is 4.60. The van der Waals surface area contributed by atoms with Gasteiger partial charge in [-0.25, -0.2) is 4.98 Å². The van der Waals surface area contributed by atoms with Gasteiger partial charge in [0.2, 0.25) is 0 Å². The van der Waals surface area contributed by atoms with Gasteiger partial charge < -0.3 is 9.88 Å². The number of aromatic amines is 1. The molecule has 1 fully saturated rings. The molecule has 0 unspecified atom stereocenters. The van der Waals surface area contributed by atoms with Crippen LogP contribution in [0.2, 0.25) is 5.02 Å². The van der Waals surface area contributed by atoms with Crippen molar-refractivity contribution in [2.75, 3.05) is 24.2 Å². The molecular formula is C16H15ClN4OS. The second-order valence-corrected chi connectivity index (χ2v) is 6.47. The first-order chi connectivity index (χ1) is 11.1. The maximum absolute atomic E-state index is 12.0. The molecule has 3 rings (SSSR count). The highest BCUT2D eigenvalue weighted by molar-refractivity contribution is 7.98. The van der Waals surface area contributed by atoms with E-state index in [0.717, 1.165) is 18.8 Å². The number of rotatable bonds is 3. The summed E-state index contributed by atoms with van der Waals surface area (Å²) in [5, 5.41) is 10.4. The van der Waals surface area contributed by atoms with E-state index in [1.54, 1.807) is 6.07 Å². The Labute approximate surface area is 143 Å². The summed E-state index contributed by atoms with van der Waals surface area (Å²) < 4.78 is 0. The number of nitrogens with one attached hydrogen (secondary N) is 1. The van der Waals surface area contributed by atoms with E-state index in [2.05, 4.69) is 14.9 Å². The number of hydrogen-bond acceptors (Lipinski definition) is 5. The van der Waals surface area contributed by atoms with Crippen LogP contribution in [0.1, 0.15) is 18.4 Å². The molecule has 2 aromatic rings. The van der Waals surface area contributed by atoms with Crippen molar-refractivity contribution >= 4 is 29.1 Å². The van der Waals surface area contributed by atoms with Crippen molar-refractivity contribution in [3.63, 3.8) is 0 Å². The zero-order chi connectivity index (χ0) is 16.4. The van der Waals surface area contributed by atoms with Crippen LogP contribution in [0, 0.1) is 11.3 Å². The molecule has 1 N–H and O–H groups in total. The molecule has 0 amide bonds. The van der Waals surface area contributed by atoms with Crippen molar-refractivity contribution in [2.24, 2.45) is 0 Å². The van der Waals surface area contributed by atoms with Crippen LogP contribution in [0.4, 0.5) is 5.69 Å². The molecule has 1 aliphatic heterocycles. The average Bonchev–Trinajstić information content (AvgIpc) is 3.08. The minimum absolute atomic E-state index is 0.00721. The van der Waals surface area contributed by atoms with Crippen molar-refractivity contribution in [2.45, 2.75) is 18.0 Å². The highest BCUT2D eigenvalue weighted by atomic mass is 35.5. The lowest BCUT2D eigenvalue weighted by Gasteiger charge is -2.19. The Hall–Kier alpha value is -1.97. The summed E-state index contributed by atoms with van der Waals surface area (Å²) in [6.45, 7) is 2.00. The van der Waals surface area contributed by atoms with Gasteiger partial charge in [-0.15, -0.1) is 0 Å². The quantitative estimate of drug-likeness (QED) is 0.682. The number of nitriles is 1. The fourth-order valence-electron chi connectivity index (χ4n) is 2.73. The zero-order valence-electron chi connectivity index (χ0n) is 12.6. The Morgan fingerprint density at radius 2 is 2.13 bits per heavy atom. The van der Waals surface area contributed by atoms with Gasteiger partial charge in [-0.2, -0.15) is 5.26 Å². The van der Waals surface area contributed by atoms with Gasteiger partial charge in [0.15, 0.2) is 5.16 Å². The molecule has 1 aliphatic rings. The number of halogens is 1. The van der Waals surface area contributed by atoms with Gasteiger partial charge in [-0.1, -0.05) is 29.4 Å². The summed E-state index contributed by atoms with van der Waals surface area (Å²) in [6, 6.07) is 7.52. The lowest BCUT2D eigenvalue weighted by molar-refractivity contribution is 0.937. The molecule has 0 radical (unpaired) electrons. The normalized spacial score (nSPS) is 14.0. The number of nitrogens with zero attached hydrogens (tertiary/aromatic N) is 3. The number of benzene rings is 1. The summed E-state index contributed by atoms with van der Waals surface area (Å²) in [4.78, 5) is 21.2. The van der Waals surface area contributed by atoms with E-state index < -0.39 is 5.56 Å². The van der Waals surface area contributed by atoms with E-state index in [-0.39, 0.29) is 5.56 Å². The van der Waals surface area contributed by atoms with Crippen molar-refractivity contribution in [3.8, 4) is 17.3 Å². The maximum atomic E-state index is 12.0. The van der Waals surface area contributed by atoms with Crippen LogP contribution in [0.5, 0.6) is 0 Å². The molecule has 7 heteroatoms. The standard InChI is InChI=1S/C16H15ClN4OS/c1-23-16-19-14(11(9-18)15(22)20-16)10-4-5-13(12(17)8-10)21-6-2-3-7-21/h4-5,8H,2-3,6-7H2,1H3,(H,19,20,22). The molecule has 118 valence electrons. The van der Waals surface area contributed by atoms with Crippen LogP contribution in [-0.2, 0) is 0 Å². The molecule has 0 bridgehead atoms. The molecule has 0 atom stereocenters. The van der Waals surface area contributed by atoms with Gasteiger partial charge in [-0.3, -0.25) is 4.79 Å². The molecule has 5 nitrogen and oxygen atoms in total. The average molecular weight is 347 g/mol. The van der Waals surface area contributed by atoms with Crippen LogP contribution in [0.25, 0.3) is 11.3 Å². The zero-order valence-corrected chi connectivity index (χ0v) is 14.2. The fraction of sp³-hybridized carbons (Fsp3) is 0.312. The van der Waals surface area contributed by atoms with Crippen LogP contribution < -0.4 is 10.5 Å². The van der Waals surface area contributed by atoms with Crippen molar-refractivity contribution in [1.82, 2.24) is 9.97 Å². The van der Waals surface area contributed by atoms with Crippen molar-refractivity contribution < 1.29 is 0 Å². The van der Waals surface area contributed by atoms with E-state index in [9.17, 15) is 10.1 Å². The third kappa shape index (κ3) is 3.07. The molecule has 1 saturated heterocycles. The maximum Gasteiger partial charge on any atom is 0.270 e. The molecule has 23 heavy (non-hydrogen) atoms. The van der Waals surface area contributed by atoms with E-state index in [4.69, 9.17) is 11.6 Å². The predicted molar refractivity (Wildman–Crippen MR) is 93.2 cm³/mol. The largest absolute Gasteiger partial charge is 0.370 e. The smallest absolute Gasteiger partial charge is 0.270 e. The Balaban J connectivity index is 2.09. The van der Waals surface area contributed by atoms with Gasteiger partial charge in [0.1, 0.15) is 11.6 Å². The van der Waals surface area contributed by atoms with Crippen molar-refractivity contribution in [3.05, 3.63) is 39.1 Å². The molecule has 1 aromatic carbocycles. The van der Waals surface area contributed by atoms with Crippen LogP contribution in [0.15, 0.2) is 28.2 Å². The van der Waals surface area contributed by atoms with E-state index in [1.165, 1.54) is 24.6 Å². The van der Waals surface area contributed by atoms with Gasteiger partial charge in [0.25, 0.3) is 5.56 Å². The topological polar surface area (TPSA) is 72.8 Å². The van der Waals surface area contributed by atoms with E-state index in [0.29, 0.717) is 21.4 Å². The lowest BCUT2D eigenvalue weighted by atomic mass is 10.1. The van der Waals surface area contributed by atoms with Gasteiger partial charge in [0.05, 0.1) is 16.4 Å². The lowest BCUT2D eigenvalue weighted by Crippen LogP contribution is -2.18. The third-order valence-electron chi connectivity index (χ3n) is 3.87. The van der Waals surface area contributed by atoms with Crippen LogP contribution >= 0.6 is 23.4 Å². The summed E-state index contributed by atoms with van der Waals surface area (Å²) >= 11 is 7.75. The summed E-state index contributed by atoms with van der Waals surface area (Å²) in [7, 11) is 0. The second-order valence-electron chi connectivity index (χ2n) is 5.27. The first-order valence-electron chi connectivity index (χ1n) is 7.27. The van der Waals surface area contributed by atoms with Crippen molar-refractivity contribution in [1.29, 1.82) is 5.26 Å². The van der Waals surface area contributed by atoms with Gasteiger partial charge >= 0.3 is 0 Å². The Morgan fingerprint density at radius 3 is 2.74 bits per heavy atom. The first-order valence-corrected chi connectivity index (χ1v) is 8.87. The van der Waals surface area contributed by atoms with Gasteiger partial charge in [-0.05, 0) is 31.2 Å². The molecule has 0 saturated carbocycles. The highest BCUT2D eigenvalue weighted by Crippen LogP contribution is 2.33. The number of anilines is 1. The number of H-pyrrole nitrogens is 1. The second kappa shape index (κ2) is 6.65. The molecule has 2 heterocycles. The predicted octanol–water partition coefficient (Wildman–Crippen LogP) is 3.28. The fourth-order valence-corrected chi connectivity index (χ4v) is 3.41. The number of thioether (sulfide) groups is 1. The molecule has 0 aliphatic carbocycles. The van der Waals surface area contributed by atoms with Crippen LogP contribution in [0.3, 0.4) is 0 Å².